The molecular formula is C41H31IrN3S-2. The third-order valence-electron chi connectivity index (χ3n) is 7.54. The van der Waals surface area contributed by atoms with Gasteiger partial charge in [-0.1, -0.05) is 107 Å². The number of imidazole rings is 1. The van der Waals surface area contributed by atoms with Gasteiger partial charge in [-0.25, -0.2) is 0 Å². The van der Waals surface area contributed by atoms with E-state index in [1.165, 1.54) is 51.2 Å². The number of fused-ring (bicyclic) bond motifs is 2. The van der Waals surface area contributed by atoms with Crippen molar-refractivity contribution >= 4 is 32.5 Å². The van der Waals surface area contributed by atoms with E-state index < -0.39 is 13.7 Å². The molecule has 0 bridgehead atoms. The van der Waals surface area contributed by atoms with Crippen LogP contribution in [-0.4, -0.2) is 14.5 Å². The number of aryl methyl sites for hydroxylation is 3. The van der Waals surface area contributed by atoms with Crippen molar-refractivity contribution in [2.45, 2.75) is 20.6 Å². The summed E-state index contributed by atoms with van der Waals surface area (Å²) >= 11 is 1.66. The van der Waals surface area contributed by atoms with Crippen molar-refractivity contribution in [2.24, 2.45) is 0 Å². The van der Waals surface area contributed by atoms with E-state index in [9.17, 15) is 0 Å². The Morgan fingerprint density at radius 2 is 1.48 bits per heavy atom. The van der Waals surface area contributed by atoms with Crippen LogP contribution in [-0.2, 0) is 20.1 Å². The molecule has 0 N–H and O–H groups in total. The maximum atomic E-state index is 7.28. The molecule has 0 saturated carbocycles. The number of pyridine rings is 1. The van der Waals surface area contributed by atoms with Crippen molar-refractivity contribution in [1.82, 2.24) is 14.5 Å². The number of para-hydroxylation sites is 2. The summed E-state index contributed by atoms with van der Waals surface area (Å²) in [6, 6.07) is 44.5. The summed E-state index contributed by atoms with van der Waals surface area (Å²) in [7, 11) is 0. The second-order valence-electron chi connectivity index (χ2n) is 10.7. The van der Waals surface area contributed by atoms with Gasteiger partial charge >= 0.3 is 0 Å². The zero-order chi connectivity index (χ0) is 35.8. The van der Waals surface area contributed by atoms with Crippen LogP contribution in [0.2, 0.25) is 0 Å². The zero-order valence-corrected chi connectivity index (χ0v) is 28.0. The molecule has 0 aliphatic heterocycles. The van der Waals surface area contributed by atoms with Gasteiger partial charge in [0.1, 0.15) is 0 Å². The minimum atomic E-state index is -2.18. The van der Waals surface area contributed by atoms with Crippen LogP contribution in [0.15, 0.2) is 134 Å². The Bertz CT molecular complexity index is 2380. The van der Waals surface area contributed by atoms with E-state index in [-0.39, 0.29) is 31.2 Å². The quantitative estimate of drug-likeness (QED) is 0.166. The number of aromatic nitrogens is 3. The van der Waals surface area contributed by atoms with E-state index in [4.69, 9.17) is 13.2 Å². The van der Waals surface area contributed by atoms with Crippen molar-refractivity contribution in [2.75, 3.05) is 0 Å². The fourth-order valence-electron chi connectivity index (χ4n) is 5.27. The predicted octanol–water partition coefficient (Wildman–Crippen LogP) is 10.8. The molecule has 3 heterocycles. The van der Waals surface area contributed by atoms with Crippen LogP contribution in [0.1, 0.15) is 24.9 Å². The summed E-state index contributed by atoms with van der Waals surface area (Å²) in [6.07, 6.45) is 1.30. The second kappa shape index (κ2) is 13.8. The van der Waals surface area contributed by atoms with Crippen LogP contribution in [0.3, 0.4) is 0 Å². The molecule has 0 spiro atoms. The third-order valence-corrected chi connectivity index (χ3v) is 8.40. The summed E-state index contributed by atoms with van der Waals surface area (Å²) in [4.78, 5) is 9.10. The standard InChI is InChI=1S/C28H19N2S.C13H12N.Ir/c1-19-11-16-23-24(18-31-27(23)17-19)28-29-25-9-5-6-10-26(25)30(28)22-14-12-21(13-15-22)20-7-3-2-4-8-20;1-10-3-6-12(7-4-10)13-8-5-11(2)9-14-13;/h2-17H,1H3;3-6,8-9H,1-2H3;/q2*-1;/i;1D3,2D3;. The number of rotatable bonds is 4. The van der Waals surface area contributed by atoms with Crippen molar-refractivity contribution in [1.29, 1.82) is 0 Å². The van der Waals surface area contributed by atoms with Gasteiger partial charge in [-0.3, -0.25) is 16.3 Å². The van der Waals surface area contributed by atoms with Gasteiger partial charge in [0, 0.05) is 40.2 Å². The maximum Gasteiger partial charge on any atom is 0.0774 e. The van der Waals surface area contributed by atoms with Crippen LogP contribution in [0.4, 0.5) is 0 Å². The number of hydrogen-bond acceptors (Lipinski definition) is 3. The van der Waals surface area contributed by atoms with Crippen molar-refractivity contribution in [3.63, 3.8) is 0 Å². The van der Waals surface area contributed by atoms with E-state index in [0.29, 0.717) is 11.3 Å². The average Bonchev–Trinajstić information content (AvgIpc) is 3.73. The van der Waals surface area contributed by atoms with Crippen LogP contribution in [0, 0.1) is 32.1 Å². The number of thiophene rings is 1. The molecule has 3 aromatic heterocycles. The van der Waals surface area contributed by atoms with Crippen molar-refractivity contribution in [3.05, 3.63) is 162 Å². The first kappa shape index (κ1) is 24.5. The van der Waals surface area contributed by atoms with Crippen molar-refractivity contribution in [3.8, 4) is 39.5 Å². The number of hydrogen-bond donors (Lipinski definition) is 0. The van der Waals surface area contributed by atoms with Gasteiger partial charge in [0.05, 0.1) is 16.9 Å². The fraction of sp³-hybridized carbons (Fsp3) is 0.0732. The Morgan fingerprint density at radius 3 is 2.22 bits per heavy atom. The molecule has 0 unspecified atom stereocenters. The Balaban J connectivity index is 0.000000193. The summed E-state index contributed by atoms with van der Waals surface area (Å²) < 4.78 is 47.1. The molecule has 8 rings (SSSR count). The van der Waals surface area contributed by atoms with Gasteiger partial charge in [0.15, 0.2) is 0 Å². The smallest absolute Gasteiger partial charge is 0.0774 e. The molecule has 5 heteroatoms. The second-order valence-corrected chi connectivity index (χ2v) is 11.5. The SMILES string of the molecule is Cc1ccc2c(-c3nc4ccccc4n3-c3ccc(-c4ccccc4)cc3)[c-]sc2c1.[2H]C([2H])([2H])c1c[c-]c(-c2ccc(C([2H])([2H])[2H])cn2)cc1.[Ir]. The minimum absolute atomic E-state index is 0. The molecule has 3 nitrogen and oxygen atoms in total. The molecule has 0 fully saturated rings. The molecule has 5 aromatic carbocycles. The molecule has 0 amide bonds. The number of nitrogens with zero attached hydrogens (tertiary/aromatic N) is 3. The van der Waals surface area contributed by atoms with Crippen LogP contribution in [0.5, 0.6) is 0 Å². The molecule has 0 saturated heterocycles. The number of benzene rings is 5. The Morgan fingerprint density at radius 1 is 0.739 bits per heavy atom. The Kier molecular flexibility index (Phi) is 7.34. The zero-order valence-electron chi connectivity index (χ0n) is 30.8. The van der Waals surface area contributed by atoms with Crippen LogP contribution >= 0.6 is 11.3 Å². The van der Waals surface area contributed by atoms with Crippen LogP contribution in [0.25, 0.3) is 60.6 Å². The fourth-order valence-corrected chi connectivity index (χ4v) is 6.21. The molecule has 8 aromatic rings. The van der Waals surface area contributed by atoms with Gasteiger partial charge < -0.3 is 9.55 Å². The van der Waals surface area contributed by atoms with Gasteiger partial charge in [-0.15, -0.1) is 46.8 Å². The van der Waals surface area contributed by atoms with E-state index in [2.05, 4.69) is 113 Å². The molecule has 1 radical (unpaired) electrons. The van der Waals surface area contributed by atoms with E-state index in [1.54, 1.807) is 23.5 Å². The first-order chi connectivity index (χ1) is 24.5. The third kappa shape index (κ3) is 6.49. The first-order valence-corrected chi connectivity index (χ1v) is 15.3. The topological polar surface area (TPSA) is 30.7 Å². The van der Waals surface area contributed by atoms with E-state index >= 15 is 0 Å². The van der Waals surface area contributed by atoms with E-state index in [0.717, 1.165) is 28.1 Å². The Hall–Kier alpha value is -4.67. The molecule has 0 aliphatic rings. The average molecular weight is 796 g/mol. The van der Waals surface area contributed by atoms with Crippen LogP contribution < -0.4 is 0 Å². The summed E-state index contributed by atoms with van der Waals surface area (Å²) in [6.45, 7) is -2.21. The normalized spacial score (nSPS) is 13.2. The predicted molar refractivity (Wildman–Crippen MR) is 189 cm³/mol. The summed E-state index contributed by atoms with van der Waals surface area (Å²) in [5.74, 6) is 0.934. The molecule has 0 atom stereocenters. The van der Waals surface area contributed by atoms with Gasteiger partial charge in [-0.2, -0.15) is 0 Å². The van der Waals surface area contributed by atoms with Gasteiger partial charge in [0.25, 0.3) is 0 Å². The first-order valence-electron chi connectivity index (χ1n) is 17.5. The summed E-state index contributed by atoms with van der Waals surface area (Å²) in [5.41, 5.74) is 9.49. The van der Waals surface area contributed by atoms with E-state index in [1.807, 2.05) is 12.1 Å². The largest absolute Gasteiger partial charge is 0.333 e. The minimum Gasteiger partial charge on any atom is -0.333 e. The monoisotopic (exact) mass is 796 g/mol. The van der Waals surface area contributed by atoms with Crippen molar-refractivity contribution < 1.29 is 28.3 Å². The molecule has 46 heavy (non-hydrogen) atoms. The maximum absolute atomic E-state index is 7.28. The van der Waals surface area contributed by atoms with Gasteiger partial charge in [0.2, 0.25) is 0 Å². The molecule has 227 valence electrons. The molecular weight excluding hydrogens is 759 g/mol. The Labute approximate surface area is 296 Å². The summed E-state index contributed by atoms with van der Waals surface area (Å²) in [5, 5.41) is 4.73. The molecule has 0 aliphatic carbocycles. The van der Waals surface area contributed by atoms with Gasteiger partial charge in [-0.05, 0) is 60.4 Å².